The number of carbonyl (C=O) groups is 1. The fourth-order valence-electron chi connectivity index (χ4n) is 4.86. The van der Waals surface area contributed by atoms with Gasteiger partial charge in [-0.15, -0.1) is 0 Å². The van der Waals surface area contributed by atoms with Crippen LogP contribution >= 0.6 is 0 Å². The number of urea groups is 1. The number of hydrogen-bond acceptors (Lipinski definition) is 3. The number of halogens is 1. The van der Waals surface area contributed by atoms with E-state index in [4.69, 9.17) is 4.74 Å². The molecular weight excluding hydrogens is 417 g/mol. The first-order valence-electron chi connectivity index (χ1n) is 12.0. The molecule has 2 aromatic carbocycles. The lowest BCUT2D eigenvalue weighted by Crippen LogP contribution is -2.55. The van der Waals surface area contributed by atoms with Crippen molar-refractivity contribution < 1.29 is 13.9 Å². The number of carbonyl (C=O) groups excluding carboxylic acids is 1. The summed E-state index contributed by atoms with van der Waals surface area (Å²) in [5, 5.41) is 3.13. The van der Waals surface area contributed by atoms with Crippen molar-refractivity contribution in [2.24, 2.45) is 11.3 Å². The summed E-state index contributed by atoms with van der Waals surface area (Å²) in [5.74, 6) is 1.07. The second-order valence-corrected chi connectivity index (χ2v) is 10.2. The van der Waals surface area contributed by atoms with E-state index in [2.05, 4.69) is 31.1 Å². The molecule has 1 N–H and O–H groups in total. The van der Waals surface area contributed by atoms with Crippen molar-refractivity contribution in [3.05, 3.63) is 65.5 Å². The van der Waals surface area contributed by atoms with Gasteiger partial charge >= 0.3 is 6.03 Å². The summed E-state index contributed by atoms with van der Waals surface area (Å²) in [6, 6.07) is 14.5. The Kier molecular flexibility index (Phi) is 7.23. The quantitative estimate of drug-likeness (QED) is 0.608. The summed E-state index contributed by atoms with van der Waals surface area (Å²) in [6.45, 7) is 7.90. The first-order valence-corrected chi connectivity index (χ1v) is 12.0. The van der Waals surface area contributed by atoms with E-state index in [9.17, 15) is 9.18 Å². The van der Waals surface area contributed by atoms with Gasteiger partial charge < -0.3 is 19.9 Å². The lowest BCUT2D eigenvalue weighted by Gasteiger charge is -2.43. The lowest BCUT2D eigenvalue weighted by molar-refractivity contribution is 0.0676. The fraction of sp³-hybridized carbons (Fsp3) is 0.519. The number of ether oxygens (including phenoxy) is 1. The van der Waals surface area contributed by atoms with Gasteiger partial charge in [0.25, 0.3) is 0 Å². The highest BCUT2D eigenvalue weighted by Gasteiger charge is 2.54. The predicted molar refractivity (Wildman–Crippen MR) is 129 cm³/mol. The van der Waals surface area contributed by atoms with Crippen LogP contribution in [0.4, 0.5) is 9.18 Å². The summed E-state index contributed by atoms with van der Waals surface area (Å²) in [7, 11) is 2.16. The molecule has 1 saturated carbocycles. The highest BCUT2D eigenvalue weighted by Crippen LogP contribution is 2.54. The van der Waals surface area contributed by atoms with Crippen LogP contribution in [0.15, 0.2) is 48.5 Å². The van der Waals surface area contributed by atoms with Crippen molar-refractivity contribution in [2.75, 3.05) is 26.7 Å². The number of nitrogens with zero attached hydrogens (tertiary/aromatic N) is 2. The first kappa shape index (κ1) is 23.6. The number of hydrogen-bond donors (Lipinski definition) is 1. The molecule has 1 saturated heterocycles. The van der Waals surface area contributed by atoms with Gasteiger partial charge in [-0.05, 0) is 74.2 Å². The minimum absolute atomic E-state index is 0.0553. The molecule has 5 nitrogen and oxygen atoms in total. The number of piperidine rings is 1. The molecule has 6 heteroatoms. The van der Waals surface area contributed by atoms with Crippen LogP contribution in [0.5, 0.6) is 5.75 Å². The normalized spacial score (nSPS) is 19.5. The Bertz CT molecular complexity index is 925. The Morgan fingerprint density at radius 2 is 1.82 bits per heavy atom. The van der Waals surface area contributed by atoms with Crippen molar-refractivity contribution >= 4 is 6.03 Å². The topological polar surface area (TPSA) is 44.8 Å². The van der Waals surface area contributed by atoms with Crippen LogP contribution in [-0.2, 0) is 13.1 Å². The van der Waals surface area contributed by atoms with Gasteiger partial charge in [0.2, 0.25) is 0 Å². The summed E-state index contributed by atoms with van der Waals surface area (Å²) in [5.41, 5.74) is 2.18. The Hall–Kier alpha value is -2.60. The first-order chi connectivity index (χ1) is 15.8. The molecule has 1 heterocycles. The second-order valence-electron chi connectivity index (χ2n) is 10.2. The molecule has 4 rings (SSSR count). The van der Waals surface area contributed by atoms with Crippen LogP contribution < -0.4 is 10.1 Å². The number of nitrogens with one attached hydrogen (secondary N) is 1. The number of likely N-dealkylation sites (tertiary alicyclic amines) is 1. The van der Waals surface area contributed by atoms with E-state index in [1.54, 1.807) is 12.1 Å². The molecule has 2 aliphatic rings. The van der Waals surface area contributed by atoms with E-state index in [0.717, 1.165) is 49.2 Å². The van der Waals surface area contributed by atoms with Crippen molar-refractivity contribution in [3.8, 4) is 5.75 Å². The lowest BCUT2D eigenvalue weighted by atomic mass is 9.87. The molecule has 0 bridgehead atoms. The summed E-state index contributed by atoms with van der Waals surface area (Å²) in [4.78, 5) is 17.8. The molecule has 33 heavy (non-hydrogen) atoms. The molecule has 2 aromatic rings. The standard InChI is InChI=1S/C27H36FN3O2/c1-20(2)18-33-24-10-6-21(7-11-24)16-29-26(32)31(17-22-4-8-23(28)9-5-22)25-12-15-30(3)19-27(25)13-14-27/h4-11,20,25H,12-19H2,1-3H3,(H,29,32). The van der Waals surface area contributed by atoms with Gasteiger partial charge in [-0.2, -0.15) is 0 Å². The zero-order chi connectivity index (χ0) is 23.4. The van der Waals surface area contributed by atoms with Crippen LogP contribution in [0.3, 0.4) is 0 Å². The molecule has 2 fully saturated rings. The van der Waals surface area contributed by atoms with Crippen molar-refractivity contribution in [1.29, 1.82) is 0 Å². The van der Waals surface area contributed by atoms with E-state index in [1.165, 1.54) is 12.1 Å². The maximum atomic E-state index is 13.4. The Balaban J connectivity index is 1.43. The Morgan fingerprint density at radius 3 is 2.45 bits per heavy atom. The fourth-order valence-corrected chi connectivity index (χ4v) is 4.86. The molecule has 1 aliphatic carbocycles. The number of amides is 2. The van der Waals surface area contributed by atoms with Crippen LogP contribution in [0.25, 0.3) is 0 Å². The van der Waals surface area contributed by atoms with E-state index in [-0.39, 0.29) is 23.3 Å². The van der Waals surface area contributed by atoms with Gasteiger partial charge in [0, 0.05) is 31.1 Å². The maximum Gasteiger partial charge on any atom is 0.318 e. The zero-order valence-corrected chi connectivity index (χ0v) is 20.0. The van der Waals surface area contributed by atoms with Gasteiger partial charge in [0.05, 0.1) is 6.61 Å². The molecule has 1 atom stereocenters. The molecule has 1 unspecified atom stereocenters. The van der Waals surface area contributed by atoms with Gasteiger partial charge in [-0.1, -0.05) is 38.1 Å². The second kappa shape index (κ2) is 10.1. The number of benzene rings is 2. The third kappa shape index (κ3) is 6.05. The van der Waals surface area contributed by atoms with E-state index >= 15 is 0 Å². The molecule has 178 valence electrons. The SMILES string of the molecule is CC(C)COc1ccc(CNC(=O)N(Cc2ccc(F)cc2)C2CCN(C)CC23CC3)cc1. The summed E-state index contributed by atoms with van der Waals surface area (Å²) in [6.07, 6.45) is 3.28. The van der Waals surface area contributed by atoms with Crippen LogP contribution in [0.2, 0.25) is 0 Å². The molecule has 2 amide bonds. The van der Waals surface area contributed by atoms with Gasteiger partial charge in [0.1, 0.15) is 11.6 Å². The molecule has 1 aliphatic heterocycles. The summed E-state index contributed by atoms with van der Waals surface area (Å²) >= 11 is 0. The third-order valence-electron chi connectivity index (χ3n) is 6.82. The van der Waals surface area contributed by atoms with Crippen molar-refractivity contribution in [2.45, 2.75) is 52.2 Å². The van der Waals surface area contributed by atoms with Crippen LogP contribution in [0, 0.1) is 17.2 Å². The predicted octanol–water partition coefficient (Wildman–Crippen LogP) is 5.06. The van der Waals surface area contributed by atoms with Gasteiger partial charge in [-0.3, -0.25) is 0 Å². The molecule has 0 radical (unpaired) electrons. The zero-order valence-electron chi connectivity index (χ0n) is 20.0. The monoisotopic (exact) mass is 453 g/mol. The highest BCUT2D eigenvalue weighted by atomic mass is 19.1. The van der Waals surface area contributed by atoms with E-state index in [1.807, 2.05) is 29.2 Å². The average Bonchev–Trinajstić information content (AvgIpc) is 3.56. The van der Waals surface area contributed by atoms with Gasteiger partial charge in [0.15, 0.2) is 0 Å². The number of rotatable bonds is 8. The molecular formula is C27H36FN3O2. The largest absolute Gasteiger partial charge is 0.493 e. The Morgan fingerprint density at radius 1 is 1.15 bits per heavy atom. The van der Waals surface area contributed by atoms with Crippen molar-refractivity contribution in [1.82, 2.24) is 15.1 Å². The smallest absolute Gasteiger partial charge is 0.318 e. The minimum Gasteiger partial charge on any atom is -0.493 e. The van der Waals surface area contributed by atoms with Crippen LogP contribution in [0.1, 0.15) is 44.2 Å². The van der Waals surface area contributed by atoms with Crippen LogP contribution in [-0.4, -0.2) is 48.6 Å². The molecule has 1 spiro atoms. The van der Waals surface area contributed by atoms with Crippen molar-refractivity contribution in [3.63, 3.8) is 0 Å². The minimum atomic E-state index is -0.256. The molecule has 0 aromatic heterocycles. The average molecular weight is 454 g/mol. The summed E-state index contributed by atoms with van der Waals surface area (Å²) < 4.78 is 19.2. The highest BCUT2D eigenvalue weighted by molar-refractivity contribution is 5.75. The maximum absolute atomic E-state index is 13.4. The van der Waals surface area contributed by atoms with Gasteiger partial charge in [-0.25, -0.2) is 9.18 Å². The Labute approximate surface area is 196 Å². The van der Waals surface area contributed by atoms with E-state index in [0.29, 0.717) is 25.6 Å². The van der Waals surface area contributed by atoms with E-state index < -0.39 is 0 Å². The third-order valence-corrected chi connectivity index (χ3v) is 6.82.